The van der Waals surface area contributed by atoms with Crippen molar-refractivity contribution < 1.29 is 9.90 Å². The number of para-hydroxylation sites is 1. The van der Waals surface area contributed by atoms with Crippen molar-refractivity contribution in [1.82, 2.24) is 5.43 Å². The maximum Gasteiger partial charge on any atom is 0.423 e. The maximum atomic E-state index is 10.2. The van der Waals surface area contributed by atoms with Gasteiger partial charge in [-0.25, -0.2) is 10.2 Å². The van der Waals surface area contributed by atoms with Crippen molar-refractivity contribution in [3.8, 4) is 0 Å². The maximum absolute atomic E-state index is 10.2. The van der Waals surface area contributed by atoms with Crippen LogP contribution in [0.15, 0.2) is 18.2 Å². The first-order valence-corrected chi connectivity index (χ1v) is 3.92. The molecule has 0 bridgehead atoms. The third kappa shape index (κ3) is 2.37. The second-order valence-corrected chi connectivity index (χ2v) is 2.82. The van der Waals surface area contributed by atoms with Crippen LogP contribution in [0, 0.1) is 13.8 Å². The first-order valence-electron chi connectivity index (χ1n) is 3.92. The molecule has 0 heterocycles. The average Bonchev–Trinajstić information content (AvgIpc) is 2.03. The van der Waals surface area contributed by atoms with Gasteiger partial charge in [-0.3, -0.25) is 5.43 Å². The number of amides is 1. The predicted molar refractivity (Wildman–Crippen MR) is 50.7 cm³/mol. The summed E-state index contributed by atoms with van der Waals surface area (Å²) >= 11 is 0. The number of benzene rings is 1. The Morgan fingerprint density at radius 1 is 1.31 bits per heavy atom. The van der Waals surface area contributed by atoms with Crippen molar-refractivity contribution in [2.45, 2.75) is 13.8 Å². The zero-order valence-corrected chi connectivity index (χ0v) is 7.59. The summed E-state index contributed by atoms with van der Waals surface area (Å²) in [6.07, 6.45) is -1.09. The number of hydrogen-bond donors (Lipinski definition) is 3. The van der Waals surface area contributed by atoms with Crippen LogP contribution in [0.2, 0.25) is 0 Å². The molecule has 1 aromatic carbocycles. The number of carboxylic acid groups (broad SMARTS) is 1. The monoisotopic (exact) mass is 180 g/mol. The van der Waals surface area contributed by atoms with Crippen LogP contribution in [0.1, 0.15) is 11.1 Å². The molecule has 0 saturated carbocycles. The number of anilines is 1. The van der Waals surface area contributed by atoms with Crippen LogP contribution in [-0.4, -0.2) is 11.2 Å². The summed E-state index contributed by atoms with van der Waals surface area (Å²) in [5, 5.41) is 8.38. The Morgan fingerprint density at radius 3 is 2.31 bits per heavy atom. The minimum atomic E-state index is -1.09. The first-order chi connectivity index (χ1) is 6.11. The van der Waals surface area contributed by atoms with Crippen LogP contribution in [0.4, 0.5) is 10.5 Å². The molecule has 0 spiro atoms. The molecule has 0 unspecified atom stereocenters. The third-order valence-corrected chi connectivity index (χ3v) is 1.78. The Labute approximate surface area is 76.6 Å². The van der Waals surface area contributed by atoms with Gasteiger partial charge in [-0.15, -0.1) is 0 Å². The summed E-state index contributed by atoms with van der Waals surface area (Å²) in [5.41, 5.74) is 7.57. The molecule has 1 rings (SSSR count). The van der Waals surface area contributed by atoms with Gasteiger partial charge >= 0.3 is 6.09 Å². The molecule has 4 heteroatoms. The van der Waals surface area contributed by atoms with Crippen LogP contribution in [0.3, 0.4) is 0 Å². The minimum Gasteiger partial charge on any atom is -0.464 e. The first kappa shape index (κ1) is 9.38. The topological polar surface area (TPSA) is 61.4 Å². The Morgan fingerprint density at radius 2 is 1.85 bits per heavy atom. The van der Waals surface area contributed by atoms with Gasteiger partial charge in [0.2, 0.25) is 0 Å². The predicted octanol–water partition coefficient (Wildman–Crippen LogP) is 1.90. The average molecular weight is 180 g/mol. The molecule has 13 heavy (non-hydrogen) atoms. The zero-order chi connectivity index (χ0) is 9.84. The summed E-state index contributed by atoms with van der Waals surface area (Å²) in [5.74, 6) is 0. The largest absolute Gasteiger partial charge is 0.464 e. The third-order valence-electron chi connectivity index (χ3n) is 1.78. The van der Waals surface area contributed by atoms with Crippen molar-refractivity contribution >= 4 is 11.8 Å². The van der Waals surface area contributed by atoms with Gasteiger partial charge in [-0.1, -0.05) is 18.2 Å². The second-order valence-electron chi connectivity index (χ2n) is 2.82. The molecule has 0 atom stereocenters. The van der Waals surface area contributed by atoms with Gasteiger partial charge in [-0.2, -0.15) is 0 Å². The van der Waals surface area contributed by atoms with Gasteiger partial charge in [0.15, 0.2) is 0 Å². The van der Waals surface area contributed by atoms with E-state index in [0.29, 0.717) is 0 Å². The molecule has 0 radical (unpaired) electrons. The lowest BCUT2D eigenvalue weighted by molar-refractivity contribution is 0.197. The molecule has 1 amide bonds. The molecular weight excluding hydrogens is 168 g/mol. The molecule has 0 fully saturated rings. The SMILES string of the molecule is Cc1cccc(C)c1NNC(=O)O. The van der Waals surface area contributed by atoms with E-state index in [2.05, 4.69) is 10.9 Å². The van der Waals surface area contributed by atoms with Gasteiger partial charge in [0.05, 0.1) is 5.69 Å². The highest BCUT2D eigenvalue weighted by Gasteiger charge is 2.01. The minimum absolute atomic E-state index is 0.810. The fourth-order valence-corrected chi connectivity index (χ4v) is 1.13. The Bertz CT molecular complexity index is 303. The van der Waals surface area contributed by atoms with Gasteiger partial charge in [0.1, 0.15) is 0 Å². The summed E-state index contributed by atoms with van der Waals surface area (Å²) in [4.78, 5) is 10.2. The Balaban J connectivity index is 2.81. The van der Waals surface area contributed by atoms with Crippen LogP contribution >= 0.6 is 0 Å². The van der Waals surface area contributed by atoms with Crippen LogP contribution in [-0.2, 0) is 0 Å². The van der Waals surface area contributed by atoms with Crippen molar-refractivity contribution in [2.24, 2.45) is 0 Å². The lowest BCUT2D eigenvalue weighted by Crippen LogP contribution is -2.28. The van der Waals surface area contributed by atoms with E-state index >= 15 is 0 Å². The molecular formula is C9H12N2O2. The molecule has 0 saturated heterocycles. The smallest absolute Gasteiger partial charge is 0.423 e. The van der Waals surface area contributed by atoms with E-state index in [1.807, 2.05) is 32.0 Å². The molecule has 0 aliphatic carbocycles. The van der Waals surface area contributed by atoms with Gasteiger partial charge in [0.25, 0.3) is 0 Å². The van der Waals surface area contributed by atoms with Crippen LogP contribution in [0.5, 0.6) is 0 Å². The number of aryl methyl sites for hydroxylation is 2. The normalized spacial score (nSPS) is 9.38. The van der Waals surface area contributed by atoms with Gasteiger partial charge in [-0.05, 0) is 25.0 Å². The highest BCUT2D eigenvalue weighted by Crippen LogP contribution is 2.17. The van der Waals surface area contributed by atoms with Gasteiger partial charge in [0, 0.05) is 0 Å². The number of hydrazine groups is 1. The van der Waals surface area contributed by atoms with E-state index in [1.165, 1.54) is 0 Å². The number of rotatable bonds is 2. The van der Waals surface area contributed by atoms with Crippen LogP contribution < -0.4 is 10.9 Å². The van der Waals surface area contributed by atoms with E-state index < -0.39 is 6.09 Å². The van der Waals surface area contributed by atoms with Crippen molar-refractivity contribution in [1.29, 1.82) is 0 Å². The molecule has 70 valence electrons. The van der Waals surface area contributed by atoms with Crippen molar-refractivity contribution in [2.75, 3.05) is 5.43 Å². The molecule has 3 N–H and O–H groups in total. The Hall–Kier alpha value is -1.71. The molecule has 0 aromatic heterocycles. The quantitative estimate of drug-likeness (QED) is 0.609. The van der Waals surface area contributed by atoms with E-state index in [1.54, 1.807) is 0 Å². The Kier molecular flexibility index (Phi) is 2.74. The van der Waals surface area contributed by atoms with Gasteiger partial charge < -0.3 is 5.11 Å². The van der Waals surface area contributed by atoms with E-state index in [9.17, 15) is 4.79 Å². The standard InChI is InChI=1S/C9H12N2O2/c1-6-4-3-5-7(2)8(6)10-11-9(12)13/h3-5,10-11H,1-2H3,(H,12,13). The van der Waals surface area contributed by atoms with Crippen molar-refractivity contribution in [3.63, 3.8) is 0 Å². The second kappa shape index (κ2) is 3.80. The zero-order valence-electron chi connectivity index (χ0n) is 7.59. The van der Waals surface area contributed by atoms with Crippen LogP contribution in [0.25, 0.3) is 0 Å². The highest BCUT2D eigenvalue weighted by atomic mass is 16.4. The molecule has 4 nitrogen and oxygen atoms in total. The summed E-state index contributed by atoms with van der Waals surface area (Å²) in [6.45, 7) is 3.83. The molecule has 1 aromatic rings. The summed E-state index contributed by atoms with van der Waals surface area (Å²) < 4.78 is 0. The lowest BCUT2D eigenvalue weighted by Gasteiger charge is -2.11. The fourth-order valence-electron chi connectivity index (χ4n) is 1.13. The number of carbonyl (C=O) groups is 1. The summed E-state index contributed by atoms with van der Waals surface area (Å²) in [7, 11) is 0. The van der Waals surface area contributed by atoms with E-state index in [4.69, 9.17) is 5.11 Å². The molecule has 0 aliphatic rings. The van der Waals surface area contributed by atoms with Crippen molar-refractivity contribution in [3.05, 3.63) is 29.3 Å². The lowest BCUT2D eigenvalue weighted by atomic mass is 10.1. The molecule has 0 aliphatic heterocycles. The number of hydrogen-bond acceptors (Lipinski definition) is 2. The fraction of sp³-hybridized carbons (Fsp3) is 0.222. The van der Waals surface area contributed by atoms with E-state index in [-0.39, 0.29) is 0 Å². The summed E-state index contributed by atoms with van der Waals surface area (Å²) in [6, 6.07) is 5.76. The highest BCUT2D eigenvalue weighted by molar-refractivity contribution is 5.68. The van der Waals surface area contributed by atoms with E-state index in [0.717, 1.165) is 16.8 Å². The number of nitrogens with one attached hydrogen (secondary N) is 2.